The zero-order valence-corrected chi connectivity index (χ0v) is 17.8. The van der Waals surface area contributed by atoms with Crippen molar-refractivity contribution in [1.29, 1.82) is 0 Å². The number of hydrogen-bond donors (Lipinski definition) is 1. The number of amides is 2. The Morgan fingerprint density at radius 2 is 1.97 bits per heavy atom. The van der Waals surface area contributed by atoms with Crippen LogP contribution in [0.4, 0.5) is 18.0 Å². The molecule has 170 valence electrons. The Hall–Kier alpha value is -2.48. The predicted octanol–water partition coefficient (Wildman–Crippen LogP) is 5.05. The molecule has 1 aromatic heterocycles. The van der Waals surface area contributed by atoms with Gasteiger partial charge in [-0.2, -0.15) is 13.2 Å². The van der Waals surface area contributed by atoms with E-state index in [1.807, 2.05) is 22.9 Å². The molecular weight excluding hydrogens is 407 g/mol. The number of carbonyl (C=O) groups is 1. The number of hydrogen-bond acceptors (Lipinski definition) is 2. The number of carbonyl (C=O) groups excluding carboxylic acids is 1. The van der Waals surface area contributed by atoms with Crippen molar-refractivity contribution < 1.29 is 22.7 Å². The summed E-state index contributed by atoms with van der Waals surface area (Å²) in [6, 6.07) is 9.14. The predicted molar refractivity (Wildman–Crippen MR) is 113 cm³/mol. The summed E-state index contributed by atoms with van der Waals surface area (Å²) >= 11 is 0. The molecule has 1 aromatic carbocycles. The minimum absolute atomic E-state index is 0.129. The Morgan fingerprint density at radius 1 is 1.19 bits per heavy atom. The number of aromatic nitrogens is 1. The Morgan fingerprint density at radius 3 is 2.68 bits per heavy atom. The van der Waals surface area contributed by atoms with Gasteiger partial charge in [-0.1, -0.05) is 31.4 Å². The van der Waals surface area contributed by atoms with Crippen LogP contribution in [0.25, 0.3) is 0 Å². The lowest BCUT2D eigenvalue weighted by molar-refractivity contribution is -0.137. The molecule has 2 amide bonds. The van der Waals surface area contributed by atoms with Gasteiger partial charge < -0.3 is 19.5 Å². The second-order valence-corrected chi connectivity index (χ2v) is 8.02. The van der Waals surface area contributed by atoms with Gasteiger partial charge in [-0.15, -0.1) is 0 Å². The Balaban J connectivity index is 1.70. The molecule has 1 heterocycles. The van der Waals surface area contributed by atoms with Crippen LogP contribution in [0, 0.1) is 0 Å². The Labute approximate surface area is 181 Å². The largest absolute Gasteiger partial charge is 0.416 e. The van der Waals surface area contributed by atoms with E-state index in [9.17, 15) is 18.0 Å². The van der Waals surface area contributed by atoms with E-state index in [4.69, 9.17) is 4.74 Å². The van der Waals surface area contributed by atoms with Crippen LogP contribution in [0.15, 0.2) is 42.6 Å². The summed E-state index contributed by atoms with van der Waals surface area (Å²) < 4.78 is 46.1. The smallest absolute Gasteiger partial charge is 0.383 e. The summed E-state index contributed by atoms with van der Waals surface area (Å²) in [6.45, 7) is 1.50. The van der Waals surface area contributed by atoms with E-state index >= 15 is 0 Å². The summed E-state index contributed by atoms with van der Waals surface area (Å²) in [5.74, 6) is 0. The van der Waals surface area contributed by atoms with Crippen molar-refractivity contribution in [2.45, 2.75) is 57.4 Å². The van der Waals surface area contributed by atoms with Crippen molar-refractivity contribution >= 4 is 6.03 Å². The molecule has 5 nitrogen and oxygen atoms in total. The van der Waals surface area contributed by atoms with Gasteiger partial charge in [0.05, 0.1) is 18.7 Å². The first-order valence-corrected chi connectivity index (χ1v) is 10.7. The highest BCUT2D eigenvalue weighted by molar-refractivity contribution is 5.74. The molecule has 0 unspecified atom stereocenters. The van der Waals surface area contributed by atoms with Gasteiger partial charge in [0.1, 0.15) is 0 Å². The second kappa shape index (κ2) is 10.7. The van der Waals surface area contributed by atoms with E-state index in [1.165, 1.54) is 18.6 Å². The van der Waals surface area contributed by atoms with Gasteiger partial charge in [-0.05, 0) is 42.7 Å². The van der Waals surface area contributed by atoms with Crippen LogP contribution in [0.5, 0.6) is 0 Å². The highest BCUT2D eigenvalue weighted by atomic mass is 19.4. The monoisotopic (exact) mass is 437 g/mol. The van der Waals surface area contributed by atoms with Crippen LogP contribution >= 0.6 is 0 Å². The zero-order valence-electron chi connectivity index (χ0n) is 17.8. The number of benzene rings is 1. The molecule has 0 bridgehead atoms. The van der Waals surface area contributed by atoms with E-state index in [0.717, 1.165) is 37.4 Å². The average molecular weight is 438 g/mol. The van der Waals surface area contributed by atoms with Gasteiger partial charge in [-0.3, -0.25) is 0 Å². The lowest BCUT2D eigenvalue weighted by atomic mass is 9.96. The second-order valence-electron chi connectivity index (χ2n) is 8.02. The maximum Gasteiger partial charge on any atom is 0.416 e. The van der Waals surface area contributed by atoms with Crippen LogP contribution in [-0.2, 0) is 24.0 Å². The molecule has 8 heteroatoms. The first-order valence-electron chi connectivity index (χ1n) is 10.7. The molecule has 1 aliphatic rings. The van der Waals surface area contributed by atoms with Crippen LogP contribution in [0.1, 0.15) is 48.9 Å². The minimum Gasteiger partial charge on any atom is -0.383 e. The number of nitrogens with zero attached hydrogens (tertiary/aromatic N) is 2. The molecule has 1 aliphatic carbocycles. The number of alkyl halides is 3. The van der Waals surface area contributed by atoms with E-state index in [0.29, 0.717) is 31.8 Å². The first kappa shape index (κ1) is 23.2. The van der Waals surface area contributed by atoms with Gasteiger partial charge in [0.15, 0.2) is 0 Å². The van der Waals surface area contributed by atoms with Gasteiger partial charge in [0.2, 0.25) is 0 Å². The van der Waals surface area contributed by atoms with Crippen molar-refractivity contribution in [3.05, 3.63) is 59.4 Å². The summed E-state index contributed by atoms with van der Waals surface area (Å²) in [6.07, 6.45) is 2.91. The number of halogens is 3. The lowest BCUT2D eigenvalue weighted by Gasteiger charge is -2.28. The molecule has 0 spiro atoms. The normalized spacial score (nSPS) is 15.1. The van der Waals surface area contributed by atoms with Crippen LogP contribution in [0.2, 0.25) is 0 Å². The summed E-state index contributed by atoms with van der Waals surface area (Å²) in [5, 5.41) is 3.13. The molecule has 1 N–H and O–H groups in total. The highest BCUT2D eigenvalue weighted by Crippen LogP contribution is 2.29. The molecule has 31 heavy (non-hydrogen) atoms. The van der Waals surface area contributed by atoms with E-state index in [-0.39, 0.29) is 12.1 Å². The molecule has 1 fully saturated rings. The third-order valence-electron chi connectivity index (χ3n) is 5.67. The average Bonchev–Trinajstić information content (AvgIpc) is 3.18. The standard InChI is InChI=1S/C23H30F3N3O2/c1-31-14-13-29(22(30)27-20-9-3-2-4-10-20)17-21-11-6-12-28(21)16-18-7-5-8-19(15-18)23(24,25)26/h5-8,11-12,15,20H,2-4,9-10,13-14,16-17H2,1H3,(H,27,30). The number of nitrogens with one attached hydrogen (secondary N) is 1. The van der Waals surface area contributed by atoms with Crippen LogP contribution in [0.3, 0.4) is 0 Å². The highest BCUT2D eigenvalue weighted by Gasteiger charge is 2.30. The maximum atomic E-state index is 13.0. The van der Waals surface area contributed by atoms with E-state index < -0.39 is 11.7 Å². The Kier molecular flexibility index (Phi) is 8.01. The third kappa shape index (κ3) is 6.75. The third-order valence-corrected chi connectivity index (χ3v) is 5.67. The number of rotatable bonds is 8. The van der Waals surface area contributed by atoms with Gasteiger partial charge in [-0.25, -0.2) is 4.79 Å². The molecule has 1 saturated carbocycles. The summed E-state index contributed by atoms with van der Waals surface area (Å²) in [4.78, 5) is 14.6. The van der Waals surface area contributed by atoms with Crippen LogP contribution < -0.4 is 5.32 Å². The Bertz CT molecular complexity index is 845. The molecule has 2 aromatic rings. The van der Waals surface area contributed by atoms with Crippen molar-refractivity contribution in [1.82, 2.24) is 14.8 Å². The minimum atomic E-state index is -4.37. The topological polar surface area (TPSA) is 46.5 Å². The molecule has 0 aliphatic heterocycles. The van der Waals surface area contributed by atoms with Gasteiger partial charge in [0, 0.05) is 38.1 Å². The maximum absolute atomic E-state index is 13.0. The fourth-order valence-electron chi connectivity index (χ4n) is 3.95. The SMILES string of the molecule is COCCN(Cc1cccn1Cc1cccc(C(F)(F)F)c1)C(=O)NC1CCCCC1. The zero-order chi connectivity index (χ0) is 22.3. The number of urea groups is 1. The quantitative estimate of drug-likeness (QED) is 0.629. The fraction of sp³-hybridized carbons (Fsp3) is 0.522. The number of methoxy groups -OCH3 is 1. The van der Waals surface area contributed by atoms with Crippen molar-refractivity contribution in [2.24, 2.45) is 0 Å². The molecule has 3 rings (SSSR count). The number of ether oxygens (including phenoxy) is 1. The lowest BCUT2D eigenvalue weighted by Crippen LogP contribution is -2.46. The van der Waals surface area contributed by atoms with Gasteiger partial charge in [0.25, 0.3) is 0 Å². The molecular formula is C23H30F3N3O2. The van der Waals surface area contributed by atoms with Gasteiger partial charge >= 0.3 is 12.2 Å². The van der Waals surface area contributed by atoms with E-state index in [1.54, 1.807) is 18.1 Å². The molecule has 0 saturated heterocycles. The van der Waals surface area contributed by atoms with Crippen molar-refractivity contribution in [3.63, 3.8) is 0 Å². The van der Waals surface area contributed by atoms with Crippen molar-refractivity contribution in [2.75, 3.05) is 20.3 Å². The fourth-order valence-corrected chi connectivity index (χ4v) is 3.95. The first-order chi connectivity index (χ1) is 14.9. The molecule has 0 radical (unpaired) electrons. The summed E-state index contributed by atoms with van der Waals surface area (Å²) in [5.41, 5.74) is 0.752. The summed E-state index contributed by atoms with van der Waals surface area (Å²) in [7, 11) is 1.59. The van der Waals surface area contributed by atoms with Crippen molar-refractivity contribution in [3.8, 4) is 0 Å². The molecule has 0 atom stereocenters. The van der Waals surface area contributed by atoms with Crippen LogP contribution in [-0.4, -0.2) is 41.8 Å². The van der Waals surface area contributed by atoms with E-state index in [2.05, 4.69) is 5.32 Å².